The Kier molecular flexibility index (Phi) is 7.53. The third-order valence-corrected chi connectivity index (χ3v) is 7.34. The summed E-state index contributed by atoms with van der Waals surface area (Å²) in [5.74, 6) is 1.52. The molecule has 1 aliphatic carbocycles. The second-order valence-corrected chi connectivity index (χ2v) is 9.95. The molecule has 2 aromatic carbocycles. The number of aliphatic hydroxyl groups is 1. The van der Waals surface area contributed by atoms with Crippen molar-refractivity contribution in [2.45, 2.75) is 38.8 Å². The molecule has 0 spiro atoms. The molecule has 1 aliphatic heterocycles. The summed E-state index contributed by atoms with van der Waals surface area (Å²) >= 11 is 0. The van der Waals surface area contributed by atoms with Gasteiger partial charge in [0, 0.05) is 31.9 Å². The molecule has 1 amide bonds. The van der Waals surface area contributed by atoms with E-state index in [1.165, 1.54) is 16.5 Å². The highest BCUT2D eigenvalue weighted by molar-refractivity contribution is 5.84. The highest BCUT2D eigenvalue weighted by Gasteiger charge is 2.28. The Bertz CT molecular complexity index is 1360. The first-order valence-electron chi connectivity index (χ1n) is 12.9. The molecule has 1 fully saturated rings. The van der Waals surface area contributed by atoms with Gasteiger partial charge in [0.1, 0.15) is 18.1 Å². The number of hydrogen-bond donors (Lipinski definition) is 2. The van der Waals surface area contributed by atoms with Crippen LogP contribution in [0.5, 0.6) is 5.75 Å². The van der Waals surface area contributed by atoms with Gasteiger partial charge in [-0.3, -0.25) is 14.8 Å². The number of fused-ring (bicyclic) bond motifs is 1. The van der Waals surface area contributed by atoms with Crippen LogP contribution in [0.3, 0.4) is 0 Å². The van der Waals surface area contributed by atoms with Gasteiger partial charge < -0.3 is 14.7 Å². The number of carbonyl (C=O) groups is 1. The average Bonchev–Trinajstić information content (AvgIpc) is 3.61. The summed E-state index contributed by atoms with van der Waals surface area (Å²) in [5.41, 5.74) is 4.58. The zero-order valence-corrected chi connectivity index (χ0v) is 21.5. The number of aliphatic hydroxyl groups excluding tert-OH is 1. The van der Waals surface area contributed by atoms with Crippen molar-refractivity contribution in [3.8, 4) is 5.75 Å². The molecule has 1 saturated heterocycles. The Morgan fingerprint density at radius 2 is 2.03 bits per heavy atom. The molecule has 2 aliphatic rings. The van der Waals surface area contributed by atoms with E-state index in [1.807, 2.05) is 18.2 Å². The SMILES string of the molecule is CC1=C(Oc2ccc3cc(CN(C)C4CCN(C(=O)CO)C4)ccc3c2)C=CC(c2ccn[nH]2)=CCC1. The Hall–Kier alpha value is -3.68. The number of aromatic nitrogens is 2. The van der Waals surface area contributed by atoms with Crippen molar-refractivity contribution in [3.05, 3.63) is 89.5 Å². The van der Waals surface area contributed by atoms with Gasteiger partial charge in [0.15, 0.2) is 0 Å². The number of rotatable bonds is 7. The van der Waals surface area contributed by atoms with Crippen molar-refractivity contribution in [1.29, 1.82) is 0 Å². The Labute approximate surface area is 217 Å². The van der Waals surface area contributed by atoms with Crippen LogP contribution in [0.25, 0.3) is 16.3 Å². The second-order valence-electron chi connectivity index (χ2n) is 9.95. The molecule has 37 heavy (non-hydrogen) atoms. The summed E-state index contributed by atoms with van der Waals surface area (Å²) in [6.45, 7) is 3.90. The van der Waals surface area contributed by atoms with Gasteiger partial charge in [0.2, 0.25) is 5.91 Å². The minimum atomic E-state index is -0.413. The van der Waals surface area contributed by atoms with E-state index in [0.29, 0.717) is 19.1 Å². The summed E-state index contributed by atoms with van der Waals surface area (Å²) in [4.78, 5) is 15.8. The molecule has 7 nitrogen and oxygen atoms in total. The molecule has 1 aromatic heterocycles. The van der Waals surface area contributed by atoms with Crippen LogP contribution in [-0.2, 0) is 11.3 Å². The van der Waals surface area contributed by atoms with Crippen LogP contribution in [0.1, 0.15) is 37.4 Å². The third kappa shape index (κ3) is 5.84. The molecule has 0 bridgehead atoms. The van der Waals surface area contributed by atoms with Crippen LogP contribution in [0.15, 0.2) is 78.2 Å². The maximum absolute atomic E-state index is 11.8. The molecular weight excluding hydrogens is 464 g/mol. The van der Waals surface area contributed by atoms with Gasteiger partial charge in [-0.2, -0.15) is 5.10 Å². The number of benzene rings is 2. The van der Waals surface area contributed by atoms with Crippen LogP contribution in [-0.4, -0.2) is 63.8 Å². The molecule has 1 atom stereocenters. The summed E-state index contributed by atoms with van der Waals surface area (Å²) in [7, 11) is 2.10. The maximum atomic E-state index is 11.8. The zero-order chi connectivity index (χ0) is 25.8. The number of likely N-dealkylation sites (N-methyl/N-ethyl adjacent to an activating group) is 1. The molecule has 5 rings (SSSR count). The van der Waals surface area contributed by atoms with E-state index in [9.17, 15) is 4.79 Å². The highest BCUT2D eigenvalue weighted by atomic mass is 16.5. The largest absolute Gasteiger partial charge is 0.457 e. The Balaban J connectivity index is 1.26. The zero-order valence-electron chi connectivity index (χ0n) is 21.5. The van der Waals surface area contributed by atoms with Gasteiger partial charge in [-0.05, 0) is 97.1 Å². The molecular formula is C30H34N4O3. The number of nitrogens with one attached hydrogen (secondary N) is 1. The minimum Gasteiger partial charge on any atom is -0.457 e. The molecule has 2 heterocycles. The lowest BCUT2D eigenvalue weighted by molar-refractivity contribution is -0.133. The lowest BCUT2D eigenvalue weighted by Gasteiger charge is -2.24. The first-order valence-corrected chi connectivity index (χ1v) is 12.9. The first kappa shape index (κ1) is 25.0. The molecule has 3 aromatic rings. The normalized spacial score (nSPS) is 18.3. The first-order chi connectivity index (χ1) is 18.0. The highest BCUT2D eigenvalue weighted by Crippen LogP contribution is 2.28. The van der Waals surface area contributed by atoms with Crippen molar-refractivity contribution in [2.75, 3.05) is 26.7 Å². The topological polar surface area (TPSA) is 81.7 Å². The van der Waals surface area contributed by atoms with Gasteiger partial charge in [-0.1, -0.05) is 24.3 Å². The van der Waals surface area contributed by atoms with Crippen LogP contribution in [0, 0.1) is 0 Å². The summed E-state index contributed by atoms with van der Waals surface area (Å²) in [5, 5.41) is 18.5. The Morgan fingerprint density at radius 3 is 2.84 bits per heavy atom. The fraction of sp³-hybridized carbons (Fsp3) is 0.333. The molecule has 2 N–H and O–H groups in total. The van der Waals surface area contributed by atoms with E-state index in [1.54, 1.807) is 11.1 Å². The third-order valence-electron chi connectivity index (χ3n) is 7.34. The Morgan fingerprint density at radius 1 is 1.19 bits per heavy atom. The van der Waals surface area contributed by atoms with Gasteiger partial charge in [0.25, 0.3) is 0 Å². The number of likely N-dealkylation sites (tertiary alicyclic amines) is 1. The van der Waals surface area contributed by atoms with Gasteiger partial charge in [-0.15, -0.1) is 0 Å². The van der Waals surface area contributed by atoms with E-state index in [0.717, 1.165) is 54.0 Å². The lowest BCUT2D eigenvalue weighted by atomic mass is 10.0. The van der Waals surface area contributed by atoms with E-state index in [4.69, 9.17) is 9.84 Å². The van der Waals surface area contributed by atoms with Crippen LogP contribution >= 0.6 is 0 Å². The van der Waals surface area contributed by atoms with E-state index < -0.39 is 6.61 Å². The van der Waals surface area contributed by atoms with Gasteiger partial charge >= 0.3 is 0 Å². The second kappa shape index (κ2) is 11.2. The number of allylic oxidation sites excluding steroid dienone is 5. The summed E-state index contributed by atoms with van der Waals surface area (Å²) in [6.07, 6.45) is 10.9. The molecule has 7 heteroatoms. The standard InChI is InChI=1S/C30H34N4O3/c1-21-4-3-5-23(28-12-14-31-32-28)9-11-29(21)37-27-10-8-24-16-22(6-7-25(24)17-27)18-33(2)26-13-15-34(19-26)30(36)20-35/h5-12,14,16-17,26,35H,3-4,13,15,18-20H2,1-2H3,(H,31,32). The smallest absolute Gasteiger partial charge is 0.248 e. The average molecular weight is 499 g/mol. The number of hydrogen-bond acceptors (Lipinski definition) is 5. The fourth-order valence-corrected chi connectivity index (χ4v) is 5.09. The molecule has 1 unspecified atom stereocenters. The van der Waals surface area contributed by atoms with E-state index in [-0.39, 0.29) is 5.91 Å². The molecule has 0 radical (unpaired) electrons. The van der Waals surface area contributed by atoms with Gasteiger partial charge in [-0.25, -0.2) is 0 Å². The van der Waals surface area contributed by atoms with Gasteiger partial charge in [0.05, 0.1) is 5.69 Å². The predicted octanol–water partition coefficient (Wildman–Crippen LogP) is 4.67. The monoisotopic (exact) mass is 498 g/mol. The number of amides is 1. The van der Waals surface area contributed by atoms with Crippen LogP contribution < -0.4 is 4.74 Å². The fourth-order valence-electron chi connectivity index (χ4n) is 5.09. The lowest BCUT2D eigenvalue weighted by Crippen LogP contribution is -2.37. The molecule has 192 valence electrons. The van der Waals surface area contributed by atoms with E-state index in [2.05, 4.69) is 71.6 Å². The van der Waals surface area contributed by atoms with Crippen molar-refractivity contribution in [2.24, 2.45) is 0 Å². The predicted molar refractivity (Wildman–Crippen MR) is 146 cm³/mol. The van der Waals surface area contributed by atoms with Crippen molar-refractivity contribution in [1.82, 2.24) is 20.0 Å². The maximum Gasteiger partial charge on any atom is 0.248 e. The van der Waals surface area contributed by atoms with Crippen molar-refractivity contribution >= 4 is 22.3 Å². The summed E-state index contributed by atoms with van der Waals surface area (Å²) in [6, 6.07) is 15.1. The number of H-pyrrole nitrogens is 1. The number of nitrogens with zero attached hydrogens (tertiary/aromatic N) is 3. The quantitative estimate of drug-likeness (QED) is 0.495. The van der Waals surface area contributed by atoms with Crippen LogP contribution in [0.2, 0.25) is 0 Å². The van der Waals surface area contributed by atoms with Crippen molar-refractivity contribution in [3.63, 3.8) is 0 Å². The number of carbonyl (C=O) groups excluding carboxylic acids is 1. The number of aromatic amines is 1. The minimum absolute atomic E-state index is 0.185. The van der Waals surface area contributed by atoms with E-state index >= 15 is 0 Å². The number of ether oxygens (including phenoxy) is 1. The van der Waals surface area contributed by atoms with Crippen LogP contribution in [0.4, 0.5) is 0 Å². The molecule has 0 saturated carbocycles. The van der Waals surface area contributed by atoms with Crippen molar-refractivity contribution < 1.29 is 14.6 Å². The summed E-state index contributed by atoms with van der Waals surface area (Å²) < 4.78 is 6.36.